The Hall–Kier alpha value is -0.166. The van der Waals surface area contributed by atoms with E-state index in [1.54, 1.807) is 0 Å². The van der Waals surface area contributed by atoms with E-state index in [1.807, 2.05) is 0 Å². The van der Waals surface area contributed by atoms with Crippen molar-refractivity contribution in [2.75, 3.05) is 0 Å². The highest BCUT2D eigenvalue weighted by molar-refractivity contribution is 6.74. The summed E-state index contributed by atoms with van der Waals surface area (Å²) in [7, 11) is -3.60. The van der Waals surface area contributed by atoms with Crippen LogP contribution in [-0.4, -0.2) is 28.8 Å². The van der Waals surface area contributed by atoms with Gasteiger partial charge in [-0.1, -0.05) is 72.3 Å². The molecular formula is C24H50O2Si2. The summed E-state index contributed by atoms with van der Waals surface area (Å²) in [5, 5.41) is 0.445. The first-order valence-electron chi connectivity index (χ1n) is 11.0. The molecule has 0 spiro atoms. The Morgan fingerprint density at radius 3 is 1.68 bits per heavy atom. The Balaban J connectivity index is 5.48. The zero-order valence-corrected chi connectivity index (χ0v) is 23.5. The minimum atomic E-state index is -1.85. The molecule has 0 N–H and O–H groups in total. The second-order valence-corrected chi connectivity index (χ2v) is 21.2. The monoisotopic (exact) mass is 426 g/mol. The van der Waals surface area contributed by atoms with Crippen LogP contribution in [-0.2, 0) is 8.85 Å². The molecule has 166 valence electrons. The minimum absolute atomic E-state index is 0.127. The molecule has 0 unspecified atom stereocenters. The lowest BCUT2D eigenvalue weighted by Crippen LogP contribution is -2.46. The van der Waals surface area contributed by atoms with Crippen molar-refractivity contribution in [3.8, 4) is 0 Å². The van der Waals surface area contributed by atoms with Crippen LogP contribution in [0.4, 0.5) is 0 Å². The van der Waals surface area contributed by atoms with Crippen molar-refractivity contribution in [2.24, 2.45) is 5.92 Å². The van der Waals surface area contributed by atoms with E-state index in [2.05, 4.69) is 114 Å². The summed E-state index contributed by atoms with van der Waals surface area (Å²) in [5.41, 5.74) is 1.27. The van der Waals surface area contributed by atoms with E-state index < -0.39 is 16.6 Å². The summed E-state index contributed by atoms with van der Waals surface area (Å²) in [5.74, 6) is 0.411. The normalized spacial score (nSPS) is 18.4. The Kier molecular flexibility index (Phi) is 10.2. The Labute approximate surface area is 179 Å². The highest BCUT2D eigenvalue weighted by Gasteiger charge is 2.41. The summed E-state index contributed by atoms with van der Waals surface area (Å²) in [4.78, 5) is 0. The molecule has 0 aromatic rings. The van der Waals surface area contributed by atoms with Crippen LogP contribution in [0.15, 0.2) is 23.8 Å². The first-order chi connectivity index (χ1) is 12.3. The SMILES string of the molecule is C/C=C/C(C)=C/[C@H](O[Si](C)(C)C(C)(C)C)[C@@H](C)C[C@@H](C)O[Si](C)(C)C(C)(C)C. The van der Waals surface area contributed by atoms with Gasteiger partial charge in [0.2, 0.25) is 0 Å². The lowest BCUT2D eigenvalue weighted by atomic mass is 9.96. The molecule has 0 bridgehead atoms. The van der Waals surface area contributed by atoms with Crippen molar-refractivity contribution in [1.29, 1.82) is 0 Å². The van der Waals surface area contributed by atoms with Gasteiger partial charge in [-0.3, -0.25) is 0 Å². The Morgan fingerprint density at radius 1 is 0.857 bits per heavy atom. The number of allylic oxidation sites excluding steroid dienone is 3. The molecule has 0 saturated heterocycles. The van der Waals surface area contributed by atoms with Gasteiger partial charge in [-0.2, -0.15) is 0 Å². The van der Waals surface area contributed by atoms with E-state index >= 15 is 0 Å². The largest absolute Gasteiger partial charge is 0.414 e. The molecule has 0 aliphatic heterocycles. The lowest BCUT2D eigenvalue weighted by molar-refractivity contribution is 0.112. The fourth-order valence-corrected chi connectivity index (χ4v) is 5.58. The molecule has 0 saturated carbocycles. The summed E-state index contributed by atoms with van der Waals surface area (Å²) >= 11 is 0. The van der Waals surface area contributed by atoms with Crippen molar-refractivity contribution < 1.29 is 8.85 Å². The summed E-state index contributed by atoms with van der Waals surface area (Å²) in [6.45, 7) is 32.0. The van der Waals surface area contributed by atoms with Gasteiger partial charge in [0.25, 0.3) is 0 Å². The quantitative estimate of drug-likeness (QED) is 0.272. The van der Waals surface area contributed by atoms with Crippen LogP contribution in [0, 0.1) is 5.92 Å². The fraction of sp³-hybridized carbons (Fsp3) is 0.833. The molecular weight excluding hydrogens is 376 g/mol. The van der Waals surface area contributed by atoms with Crippen LogP contribution in [0.3, 0.4) is 0 Å². The van der Waals surface area contributed by atoms with E-state index in [0.29, 0.717) is 5.92 Å². The molecule has 0 aliphatic rings. The van der Waals surface area contributed by atoms with Crippen molar-refractivity contribution in [3.05, 3.63) is 23.8 Å². The van der Waals surface area contributed by atoms with Crippen LogP contribution in [0.25, 0.3) is 0 Å². The molecule has 0 rings (SSSR count). The van der Waals surface area contributed by atoms with Gasteiger partial charge in [0, 0.05) is 6.10 Å². The molecule has 0 heterocycles. The van der Waals surface area contributed by atoms with Crippen molar-refractivity contribution in [2.45, 2.75) is 124 Å². The minimum Gasteiger partial charge on any atom is -0.414 e. The molecule has 0 amide bonds. The molecule has 0 radical (unpaired) electrons. The first kappa shape index (κ1) is 27.8. The third kappa shape index (κ3) is 8.68. The number of hydrogen-bond acceptors (Lipinski definition) is 2. The highest BCUT2D eigenvalue weighted by Crippen LogP contribution is 2.40. The zero-order valence-electron chi connectivity index (χ0n) is 21.5. The van der Waals surface area contributed by atoms with Gasteiger partial charge in [-0.05, 0) is 69.4 Å². The van der Waals surface area contributed by atoms with Crippen LogP contribution in [0.2, 0.25) is 36.3 Å². The number of hydrogen-bond donors (Lipinski definition) is 0. The topological polar surface area (TPSA) is 18.5 Å². The Morgan fingerprint density at radius 2 is 1.29 bits per heavy atom. The smallest absolute Gasteiger partial charge is 0.192 e. The number of rotatable bonds is 9. The van der Waals surface area contributed by atoms with Gasteiger partial charge in [0.15, 0.2) is 16.6 Å². The molecule has 0 aliphatic carbocycles. The summed E-state index contributed by atoms with van der Waals surface area (Å²) in [6.07, 6.45) is 7.99. The van der Waals surface area contributed by atoms with Crippen LogP contribution < -0.4 is 0 Å². The van der Waals surface area contributed by atoms with E-state index in [9.17, 15) is 0 Å². The lowest BCUT2D eigenvalue weighted by Gasteiger charge is -2.42. The second-order valence-electron chi connectivity index (χ2n) is 11.7. The predicted molar refractivity (Wildman–Crippen MR) is 132 cm³/mol. The van der Waals surface area contributed by atoms with Crippen molar-refractivity contribution in [3.63, 3.8) is 0 Å². The van der Waals surface area contributed by atoms with Gasteiger partial charge in [-0.15, -0.1) is 0 Å². The van der Waals surface area contributed by atoms with Gasteiger partial charge >= 0.3 is 0 Å². The van der Waals surface area contributed by atoms with Crippen LogP contribution >= 0.6 is 0 Å². The molecule has 0 aromatic heterocycles. The van der Waals surface area contributed by atoms with Gasteiger partial charge in [-0.25, -0.2) is 0 Å². The maximum Gasteiger partial charge on any atom is 0.192 e. The second kappa shape index (κ2) is 10.2. The molecule has 28 heavy (non-hydrogen) atoms. The van der Waals surface area contributed by atoms with Crippen molar-refractivity contribution in [1.82, 2.24) is 0 Å². The van der Waals surface area contributed by atoms with E-state index in [4.69, 9.17) is 8.85 Å². The van der Waals surface area contributed by atoms with Crippen LogP contribution in [0.1, 0.15) is 75.7 Å². The molecule has 4 heteroatoms. The third-order valence-corrected chi connectivity index (χ3v) is 15.7. The van der Waals surface area contributed by atoms with Crippen molar-refractivity contribution >= 4 is 16.6 Å². The predicted octanol–water partition coefficient (Wildman–Crippen LogP) is 8.34. The highest BCUT2D eigenvalue weighted by atomic mass is 28.4. The zero-order chi connectivity index (χ0) is 22.6. The Bertz CT molecular complexity index is 534. The average Bonchev–Trinajstić information content (AvgIpc) is 2.43. The summed E-state index contributed by atoms with van der Waals surface area (Å²) in [6, 6.07) is 0. The molecule has 2 nitrogen and oxygen atoms in total. The summed E-state index contributed by atoms with van der Waals surface area (Å²) < 4.78 is 13.5. The van der Waals surface area contributed by atoms with Gasteiger partial charge in [0.05, 0.1) is 6.10 Å². The average molecular weight is 427 g/mol. The first-order valence-corrected chi connectivity index (χ1v) is 16.8. The van der Waals surface area contributed by atoms with E-state index in [0.717, 1.165) is 6.42 Å². The molecule has 0 fully saturated rings. The fourth-order valence-electron chi connectivity index (χ4n) is 2.79. The third-order valence-electron chi connectivity index (χ3n) is 6.66. The van der Waals surface area contributed by atoms with Crippen LogP contribution in [0.5, 0.6) is 0 Å². The molecule has 3 atom stereocenters. The van der Waals surface area contributed by atoms with Gasteiger partial charge in [0.1, 0.15) is 0 Å². The maximum atomic E-state index is 6.86. The van der Waals surface area contributed by atoms with Gasteiger partial charge < -0.3 is 8.85 Å². The standard InChI is InChI=1S/C24H50O2Si2/c1-15-16-19(2)17-22(26-28(13,14)24(8,9)10)20(3)18-21(4)25-27(11,12)23(5,6)7/h15-17,20-22H,18H2,1-14H3/b16-15+,19-17+/t20-,21+,22-/m0/s1. The maximum absolute atomic E-state index is 6.86. The van der Waals surface area contributed by atoms with E-state index in [-0.39, 0.29) is 22.3 Å². The molecule has 0 aromatic carbocycles. The van der Waals surface area contributed by atoms with E-state index in [1.165, 1.54) is 5.57 Å².